The van der Waals surface area contributed by atoms with E-state index < -0.39 is 0 Å². The molecule has 5 nitrogen and oxygen atoms in total. The van der Waals surface area contributed by atoms with Gasteiger partial charge in [-0.1, -0.05) is 0 Å². The molecule has 0 radical (unpaired) electrons. The van der Waals surface area contributed by atoms with Gasteiger partial charge in [0.25, 0.3) is 0 Å². The molecule has 0 saturated carbocycles. The summed E-state index contributed by atoms with van der Waals surface area (Å²) in [6.07, 6.45) is 5.84. The van der Waals surface area contributed by atoms with Gasteiger partial charge in [-0.2, -0.15) is 0 Å². The summed E-state index contributed by atoms with van der Waals surface area (Å²) in [6.45, 7) is 16.9. The zero-order valence-corrected chi connectivity index (χ0v) is 17.0. The van der Waals surface area contributed by atoms with Gasteiger partial charge >= 0.3 is 0 Å². The molecule has 25 heavy (non-hydrogen) atoms. The van der Waals surface area contributed by atoms with E-state index >= 15 is 0 Å². The van der Waals surface area contributed by atoms with Crippen LogP contribution in [0.2, 0.25) is 0 Å². The maximum absolute atomic E-state index is 4.71. The highest BCUT2D eigenvalue weighted by Crippen LogP contribution is 2.06. The predicted molar refractivity (Wildman–Crippen MR) is 108 cm³/mol. The molecule has 0 bridgehead atoms. The van der Waals surface area contributed by atoms with Crippen LogP contribution in [0.4, 0.5) is 0 Å². The first-order valence-corrected chi connectivity index (χ1v) is 9.63. The molecule has 0 atom stereocenters. The van der Waals surface area contributed by atoms with Crippen LogP contribution in [0.5, 0.6) is 0 Å². The summed E-state index contributed by atoms with van der Waals surface area (Å²) in [5.41, 5.74) is 2.58. The van der Waals surface area contributed by atoms with E-state index in [1.807, 2.05) is 12.4 Å². The Kier molecular flexibility index (Phi) is 10.2. The van der Waals surface area contributed by atoms with Crippen molar-refractivity contribution >= 4 is 5.96 Å². The molecule has 0 aliphatic rings. The Bertz CT molecular complexity index is 503. The summed E-state index contributed by atoms with van der Waals surface area (Å²) in [5.74, 6) is 0.912. The molecule has 1 heterocycles. The van der Waals surface area contributed by atoms with Crippen molar-refractivity contribution in [2.75, 3.05) is 26.2 Å². The molecule has 0 aliphatic heterocycles. The van der Waals surface area contributed by atoms with E-state index in [1.54, 1.807) is 0 Å². The quantitative estimate of drug-likeness (QED) is 0.388. The lowest BCUT2D eigenvalue weighted by Crippen LogP contribution is -2.39. The number of nitrogens with zero attached hydrogens (tertiary/aromatic N) is 3. The van der Waals surface area contributed by atoms with Crippen LogP contribution in [-0.4, -0.2) is 54.1 Å². The normalized spacial score (nSPS) is 12.3. The molecular formula is C20H37N5. The lowest BCUT2D eigenvalue weighted by Gasteiger charge is -2.30. The van der Waals surface area contributed by atoms with Crippen LogP contribution in [0.15, 0.2) is 23.5 Å². The molecule has 1 rings (SSSR count). The minimum absolute atomic E-state index is 0.582. The minimum Gasteiger partial charge on any atom is -0.357 e. The fourth-order valence-corrected chi connectivity index (χ4v) is 3.00. The molecule has 0 saturated heterocycles. The van der Waals surface area contributed by atoms with Gasteiger partial charge in [-0.05, 0) is 71.6 Å². The average molecular weight is 348 g/mol. The van der Waals surface area contributed by atoms with E-state index in [4.69, 9.17) is 4.99 Å². The zero-order valence-electron chi connectivity index (χ0n) is 17.0. The maximum Gasteiger partial charge on any atom is 0.191 e. The number of hydrogen-bond donors (Lipinski definition) is 2. The van der Waals surface area contributed by atoms with E-state index in [9.17, 15) is 0 Å². The van der Waals surface area contributed by atoms with Crippen LogP contribution >= 0.6 is 0 Å². The topological polar surface area (TPSA) is 52.6 Å². The van der Waals surface area contributed by atoms with E-state index in [0.717, 1.165) is 45.0 Å². The summed E-state index contributed by atoms with van der Waals surface area (Å²) in [5, 5.41) is 6.76. The first-order chi connectivity index (χ1) is 12.0. The Morgan fingerprint density at radius 2 is 1.92 bits per heavy atom. The maximum atomic E-state index is 4.71. The first kappa shape index (κ1) is 21.4. The van der Waals surface area contributed by atoms with E-state index in [0.29, 0.717) is 12.1 Å². The van der Waals surface area contributed by atoms with Gasteiger partial charge in [0.2, 0.25) is 0 Å². The summed E-state index contributed by atoms with van der Waals surface area (Å²) in [6, 6.07) is 3.26. The fraction of sp³-hybridized carbons (Fsp3) is 0.700. The lowest BCUT2D eigenvalue weighted by atomic mass is 10.1. The third kappa shape index (κ3) is 8.34. The molecule has 0 amide bonds. The average Bonchev–Trinajstić information content (AvgIpc) is 2.55. The molecule has 1 aromatic heterocycles. The highest BCUT2D eigenvalue weighted by atomic mass is 15.2. The number of pyridine rings is 1. The second kappa shape index (κ2) is 11.9. The monoisotopic (exact) mass is 347 g/mol. The molecule has 0 fully saturated rings. The smallest absolute Gasteiger partial charge is 0.191 e. The van der Waals surface area contributed by atoms with Gasteiger partial charge in [0.15, 0.2) is 5.96 Å². The highest BCUT2D eigenvalue weighted by molar-refractivity contribution is 5.79. The first-order valence-electron chi connectivity index (χ1n) is 9.63. The van der Waals surface area contributed by atoms with Crippen molar-refractivity contribution in [3.63, 3.8) is 0 Å². The Balaban J connectivity index is 2.42. The van der Waals surface area contributed by atoms with Crippen LogP contribution in [0.1, 0.15) is 52.2 Å². The number of aliphatic imine (C=N–C) groups is 1. The number of hydrogen-bond acceptors (Lipinski definition) is 3. The number of guanidine groups is 1. The number of rotatable bonds is 10. The van der Waals surface area contributed by atoms with Crippen molar-refractivity contribution in [3.05, 3.63) is 29.6 Å². The third-order valence-electron chi connectivity index (χ3n) is 4.34. The van der Waals surface area contributed by atoms with Gasteiger partial charge < -0.3 is 10.6 Å². The van der Waals surface area contributed by atoms with Crippen LogP contribution in [-0.2, 0) is 6.42 Å². The Hall–Kier alpha value is -1.62. The molecule has 5 heteroatoms. The van der Waals surface area contributed by atoms with E-state index in [-0.39, 0.29) is 0 Å². The number of aromatic nitrogens is 1. The van der Waals surface area contributed by atoms with E-state index in [1.165, 1.54) is 11.1 Å². The van der Waals surface area contributed by atoms with Crippen LogP contribution in [0.25, 0.3) is 0 Å². The second-order valence-electron chi connectivity index (χ2n) is 7.02. The van der Waals surface area contributed by atoms with Gasteiger partial charge in [-0.25, -0.2) is 0 Å². The van der Waals surface area contributed by atoms with Gasteiger partial charge in [0.05, 0.1) is 0 Å². The van der Waals surface area contributed by atoms with E-state index in [2.05, 4.69) is 68.1 Å². The minimum atomic E-state index is 0.582. The predicted octanol–water partition coefficient (Wildman–Crippen LogP) is 3.00. The summed E-state index contributed by atoms with van der Waals surface area (Å²) >= 11 is 0. The zero-order chi connectivity index (χ0) is 18.7. The SMILES string of the molecule is CCNC(=NCCCN(C(C)C)C(C)C)NCCc1ccncc1C. The molecule has 0 aliphatic carbocycles. The van der Waals surface area contributed by atoms with Crippen LogP contribution < -0.4 is 10.6 Å². The number of aryl methyl sites for hydroxylation is 1. The largest absolute Gasteiger partial charge is 0.357 e. The van der Waals surface area contributed by atoms with Crippen molar-refractivity contribution in [2.24, 2.45) is 4.99 Å². The van der Waals surface area contributed by atoms with Crippen LogP contribution in [0.3, 0.4) is 0 Å². The fourth-order valence-electron chi connectivity index (χ4n) is 3.00. The molecule has 0 spiro atoms. The third-order valence-corrected chi connectivity index (χ3v) is 4.34. The van der Waals surface area contributed by atoms with Gasteiger partial charge in [0, 0.05) is 50.7 Å². The Morgan fingerprint density at radius 3 is 2.52 bits per heavy atom. The molecule has 1 aromatic rings. The standard InChI is InChI=1S/C20H37N5/c1-7-22-20(23-11-8-14-25(16(2)3)17(4)5)24-13-10-19-9-12-21-15-18(19)6/h9,12,15-17H,7-8,10-11,13-14H2,1-6H3,(H2,22,23,24). The van der Waals surface area contributed by atoms with Crippen molar-refractivity contribution in [1.82, 2.24) is 20.5 Å². The van der Waals surface area contributed by atoms with Gasteiger partial charge in [0.1, 0.15) is 0 Å². The lowest BCUT2D eigenvalue weighted by molar-refractivity contribution is 0.174. The van der Waals surface area contributed by atoms with Crippen molar-refractivity contribution < 1.29 is 0 Å². The molecule has 0 aromatic carbocycles. The van der Waals surface area contributed by atoms with Crippen molar-refractivity contribution in [3.8, 4) is 0 Å². The van der Waals surface area contributed by atoms with Crippen molar-refractivity contribution in [1.29, 1.82) is 0 Å². The van der Waals surface area contributed by atoms with Gasteiger partial charge in [-0.15, -0.1) is 0 Å². The van der Waals surface area contributed by atoms with Crippen molar-refractivity contribution in [2.45, 2.75) is 66.5 Å². The van der Waals surface area contributed by atoms with Gasteiger partial charge in [-0.3, -0.25) is 14.9 Å². The summed E-state index contributed by atoms with van der Waals surface area (Å²) in [7, 11) is 0. The number of nitrogens with one attached hydrogen (secondary N) is 2. The molecule has 2 N–H and O–H groups in total. The molecular weight excluding hydrogens is 310 g/mol. The Morgan fingerprint density at radius 1 is 1.20 bits per heavy atom. The van der Waals surface area contributed by atoms with Crippen LogP contribution in [0, 0.1) is 6.92 Å². The molecule has 142 valence electrons. The summed E-state index contributed by atoms with van der Waals surface area (Å²) < 4.78 is 0. The second-order valence-corrected chi connectivity index (χ2v) is 7.02. The highest BCUT2D eigenvalue weighted by Gasteiger charge is 2.12. The molecule has 0 unspecified atom stereocenters. The Labute approximate surface area is 154 Å². The summed E-state index contributed by atoms with van der Waals surface area (Å²) in [4.78, 5) is 11.4.